The maximum absolute atomic E-state index is 11.8. The Bertz CT molecular complexity index is 615. The van der Waals surface area contributed by atoms with Crippen LogP contribution in [-0.2, 0) is 4.79 Å². The van der Waals surface area contributed by atoms with Gasteiger partial charge in [0.25, 0.3) is 11.1 Å². The van der Waals surface area contributed by atoms with Crippen molar-refractivity contribution in [3.8, 4) is 11.5 Å². The molecule has 0 aromatic heterocycles. The number of likely N-dealkylation sites (N-methyl/N-ethyl adjacent to an activating group) is 1. The fourth-order valence-corrected chi connectivity index (χ4v) is 3.09. The summed E-state index contributed by atoms with van der Waals surface area (Å²) in [4.78, 5) is 24.7. The molecule has 0 unspecified atom stereocenters. The van der Waals surface area contributed by atoms with Gasteiger partial charge in [0, 0.05) is 7.05 Å². The first-order valence-corrected chi connectivity index (χ1v) is 7.70. The van der Waals surface area contributed by atoms with Crippen molar-refractivity contribution in [2.75, 3.05) is 13.7 Å². The monoisotopic (exact) mass is 405 g/mol. The Hall–Kier alpha value is -1.22. The van der Waals surface area contributed by atoms with Crippen molar-refractivity contribution in [2.24, 2.45) is 0 Å². The summed E-state index contributed by atoms with van der Waals surface area (Å²) in [6.45, 7) is 2.25. The predicted molar refractivity (Wildman–Crippen MR) is 85.7 cm³/mol. The zero-order valence-electron chi connectivity index (χ0n) is 10.8. The minimum Gasteiger partial charge on any atom is -0.504 e. The number of halogens is 1. The zero-order valence-corrected chi connectivity index (χ0v) is 13.8. The van der Waals surface area contributed by atoms with E-state index in [0.717, 1.165) is 16.7 Å². The van der Waals surface area contributed by atoms with E-state index >= 15 is 0 Å². The highest BCUT2D eigenvalue weighted by molar-refractivity contribution is 14.1. The van der Waals surface area contributed by atoms with Gasteiger partial charge in [0.05, 0.1) is 15.1 Å². The van der Waals surface area contributed by atoms with E-state index in [1.54, 1.807) is 18.2 Å². The van der Waals surface area contributed by atoms with Crippen LogP contribution in [0.3, 0.4) is 0 Å². The van der Waals surface area contributed by atoms with Gasteiger partial charge in [0.15, 0.2) is 11.5 Å². The molecule has 1 aliphatic heterocycles. The van der Waals surface area contributed by atoms with Crippen LogP contribution in [0.5, 0.6) is 11.5 Å². The Balaban J connectivity index is 2.39. The fourth-order valence-electron chi connectivity index (χ4n) is 1.64. The van der Waals surface area contributed by atoms with Gasteiger partial charge >= 0.3 is 0 Å². The van der Waals surface area contributed by atoms with E-state index in [1.807, 2.05) is 29.5 Å². The van der Waals surface area contributed by atoms with Crippen LogP contribution in [0.15, 0.2) is 17.0 Å². The maximum Gasteiger partial charge on any atom is 0.293 e. The number of rotatable bonds is 3. The molecule has 20 heavy (non-hydrogen) atoms. The number of amides is 2. The van der Waals surface area contributed by atoms with Crippen molar-refractivity contribution in [3.05, 3.63) is 26.2 Å². The van der Waals surface area contributed by atoms with E-state index in [1.165, 1.54) is 7.05 Å². The van der Waals surface area contributed by atoms with E-state index in [0.29, 0.717) is 26.4 Å². The Kier molecular flexibility index (Phi) is 4.59. The van der Waals surface area contributed by atoms with Crippen molar-refractivity contribution in [2.45, 2.75) is 6.92 Å². The molecule has 7 heteroatoms. The molecule has 2 rings (SSSR count). The number of imide groups is 1. The molecule has 0 spiro atoms. The van der Waals surface area contributed by atoms with Gasteiger partial charge in [0.2, 0.25) is 0 Å². The molecule has 1 heterocycles. The highest BCUT2D eigenvalue weighted by Crippen LogP contribution is 2.36. The third-order valence-electron chi connectivity index (χ3n) is 2.63. The summed E-state index contributed by atoms with van der Waals surface area (Å²) in [5.74, 6) is 0.121. The summed E-state index contributed by atoms with van der Waals surface area (Å²) in [5, 5.41) is 9.57. The average molecular weight is 405 g/mol. The number of phenols is 1. The molecule has 106 valence electrons. The molecular formula is C13H12INO4S. The normalized spacial score (nSPS) is 17.1. The highest BCUT2D eigenvalue weighted by Gasteiger charge is 2.31. The summed E-state index contributed by atoms with van der Waals surface area (Å²) < 4.78 is 5.96. The maximum atomic E-state index is 11.8. The number of carbonyl (C=O) groups is 2. The summed E-state index contributed by atoms with van der Waals surface area (Å²) in [7, 11) is 1.45. The van der Waals surface area contributed by atoms with Crippen LogP contribution in [0, 0.1) is 3.57 Å². The number of phenolic OH excluding ortho intramolecular Hbond substituents is 1. The summed E-state index contributed by atoms with van der Waals surface area (Å²) >= 11 is 2.89. The smallest absolute Gasteiger partial charge is 0.293 e. The van der Waals surface area contributed by atoms with Crippen molar-refractivity contribution >= 4 is 51.6 Å². The van der Waals surface area contributed by atoms with Gasteiger partial charge in [0.1, 0.15) is 0 Å². The fraction of sp³-hybridized carbons (Fsp3) is 0.231. The lowest BCUT2D eigenvalue weighted by Crippen LogP contribution is -2.22. The number of hydrogen-bond acceptors (Lipinski definition) is 5. The first-order chi connectivity index (χ1) is 9.43. The van der Waals surface area contributed by atoms with E-state index in [9.17, 15) is 14.7 Å². The molecule has 2 amide bonds. The lowest BCUT2D eigenvalue weighted by atomic mass is 10.2. The van der Waals surface area contributed by atoms with Gasteiger partial charge in [-0.1, -0.05) is 0 Å². The molecule has 0 aliphatic carbocycles. The quantitative estimate of drug-likeness (QED) is 0.619. The van der Waals surface area contributed by atoms with Crippen LogP contribution >= 0.6 is 34.4 Å². The predicted octanol–water partition coefficient (Wildman–Crippen LogP) is 3.06. The number of hydrogen-bond donors (Lipinski definition) is 1. The van der Waals surface area contributed by atoms with Crippen LogP contribution < -0.4 is 4.74 Å². The molecule has 1 fully saturated rings. The second-order valence-electron chi connectivity index (χ2n) is 4.02. The van der Waals surface area contributed by atoms with Crippen molar-refractivity contribution in [1.82, 2.24) is 4.90 Å². The van der Waals surface area contributed by atoms with E-state index in [-0.39, 0.29) is 16.9 Å². The molecule has 5 nitrogen and oxygen atoms in total. The molecule has 1 aromatic rings. The van der Waals surface area contributed by atoms with Gasteiger partial charge in [-0.05, 0) is 65.0 Å². The van der Waals surface area contributed by atoms with Crippen molar-refractivity contribution in [3.63, 3.8) is 0 Å². The summed E-state index contributed by atoms with van der Waals surface area (Å²) in [6, 6.07) is 3.37. The Morgan fingerprint density at radius 2 is 2.15 bits per heavy atom. The molecule has 0 bridgehead atoms. The largest absolute Gasteiger partial charge is 0.504 e. The number of benzene rings is 1. The molecular weight excluding hydrogens is 393 g/mol. The molecule has 1 saturated heterocycles. The van der Waals surface area contributed by atoms with Crippen LogP contribution in [0.1, 0.15) is 12.5 Å². The van der Waals surface area contributed by atoms with Gasteiger partial charge in [-0.25, -0.2) is 0 Å². The topological polar surface area (TPSA) is 66.8 Å². The number of carbonyl (C=O) groups excluding carboxylic acids is 2. The van der Waals surface area contributed by atoms with E-state index in [4.69, 9.17) is 4.74 Å². The van der Waals surface area contributed by atoms with Crippen molar-refractivity contribution in [1.29, 1.82) is 0 Å². The lowest BCUT2D eigenvalue weighted by molar-refractivity contribution is -0.121. The standard InChI is InChI=1S/C13H12INO4S/c1-3-19-9-5-7(4-8(14)11(9)16)6-10-12(17)15(2)13(18)20-10/h4-6,16H,3H2,1-2H3/b10-6-. The third kappa shape index (κ3) is 2.93. The second-order valence-corrected chi connectivity index (χ2v) is 6.18. The minimum atomic E-state index is -0.318. The molecule has 0 saturated carbocycles. The summed E-state index contributed by atoms with van der Waals surface area (Å²) in [6.07, 6.45) is 1.62. The van der Waals surface area contributed by atoms with Crippen LogP contribution in [-0.4, -0.2) is 34.8 Å². The first kappa shape index (κ1) is 15.2. The summed E-state index contributed by atoms with van der Waals surface area (Å²) in [5.41, 5.74) is 0.703. The second kappa shape index (κ2) is 6.04. The minimum absolute atomic E-state index is 0.0770. The van der Waals surface area contributed by atoms with Gasteiger partial charge in [-0.2, -0.15) is 0 Å². The lowest BCUT2D eigenvalue weighted by Gasteiger charge is -2.08. The Morgan fingerprint density at radius 1 is 1.45 bits per heavy atom. The van der Waals surface area contributed by atoms with Crippen LogP contribution in [0.2, 0.25) is 0 Å². The Morgan fingerprint density at radius 3 is 2.70 bits per heavy atom. The Labute approximate surface area is 134 Å². The molecule has 0 atom stereocenters. The highest BCUT2D eigenvalue weighted by atomic mass is 127. The average Bonchev–Trinajstić information content (AvgIpc) is 2.63. The molecule has 1 aromatic carbocycles. The molecule has 1 N–H and O–H groups in total. The number of aromatic hydroxyl groups is 1. The van der Waals surface area contributed by atoms with Crippen LogP contribution in [0.25, 0.3) is 6.08 Å². The SMILES string of the molecule is CCOc1cc(/C=C2\SC(=O)N(C)C2=O)cc(I)c1O. The molecule has 1 aliphatic rings. The number of ether oxygens (including phenoxy) is 1. The van der Waals surface area contributed by atoms with Crippen LogP contribution in [0.4, 0.5) is 4.79 Å². The third-order valence-corrected chi connectivity index (χ3v) is 4.42. The number of thioether (sulfide) groups is 1. The zero-order chi connectivity index (χ0) is 14.9. The number of nitrogens with zero attached hydrogens (tertiary/aromatic N) is 1. The van der Waals surface area contributed by atoms with E-state index in [2.05, 4.69) is 0 Å². The van der Waals surface area contributed by atoms with Gasteiger partial charge in [-0.15, -0.1) is 0 Å². The van der Waals surface area contributed by atoms with Crippen molar-refractivity contribution < 1.29 is 19.4 Å². The molecule has 0 radical (unpaired) electrons. The van der Waals surface area contributed by atoms with Gasteiger partial charge < -0.3 is 9.84 Å². The van der Waals surface area contributed by atoms with Gasteiger partial charge in [-0.3, -0.25) is 14.5 Å². The first-order valence-electron chi connectivity index (χ1n) is 5.81. The van der Waals surface area contributed by atoms with E-state index < -0.39 is 0 Å².